The van der Waals surface area contributed by atoms with Gasteiger partial charge >= 0.3 is 0 Å². The highest BCUT2D eigenvalue weighted by molar-refractivity contribution is 5.83. The second kappa shape index (κ2) is 4.04. The van der Waals surface area contributed by atoms with E-state index in [1.165, 1.54) is 0 Å². The Morgan fingerprint density at radius 1 is 1.50 bits per heavy atom. The molecular formula is C12H16N2O2. The van der Waals surface area contributed by atoms with Crippen LogP contribution in [0.3, 0.4) is 0 Å². The van der Waals surface area contributed by atoms with Gasteiger partial charge in [0.05, 0.1) is 12.0 Å². The van der Waals surface area contributed by atoms with Crippen molar-refractivity contribution in [3.8, 4) is 5.75 Å². The van der Waals surface area contributed by atoms with E-state index < -0.39 is 0 Å². The van der Waals surface area contributed by atoms with Gasteiger partial charge in [0.2, 0.25) is 5.91 Å². The van der Waals surface area contributed by atoms with Gasteiger partial charge in [-0.3, -0.25) is 4.79 Å². The fraction of sp³-hybridized carbons (Fsp3) is 0.417. The van der Waals surface area contributed by atoms with E-state index in [0.29, 0.717) is 11.8 Å². The standard InChI is InChI=1S/C12H16N2O2/c1-7(12(14)15)10-5-4-9(6-11(10)13)16-8-2-3-8/h4-8H,2-3,13H2,1H3,(H2,14,15). The number of hydrogen-bond donors (Lipinski definition) is 2. The van der Waals surface area contributed by atoms with Gasteiger partial charge in [-0.1, -0.05) is 6.07 Å². The average Bonchev–Trinajstić information content (AvgIpc) is 3.01. The third-order valence-electron chi connectivity index (χ3n) is 2.78. The van der Waals surface area contributed by atoms with Crippen LogP contribution >= 0.6 is 0 Å². The zero-order valence-electron chi connectivity index (χ0n) is 9.27. The molecule has 86 valence electrons. The topological polar surface area (TPSA) is 78.3 Å². The molecule has 0 aromatic heterocycles. The van der Waals surface area contributed by atoms with Crippen LogP contribution in [-0.4, -0.2) is 12.0 Å². The Balaban J connectivity index is 2.18. The smallest absolute Gasteiger partial charge is 0.224 e. The summed E-state index contributed by atoms with van der Waals surface area (Å²) in [6.45, 7) is 1.75. The quantitative estimate of drug-likeness (QED) is 0.753. The largest absolute Gasteiger partial charge is 0.490 e. The van der Waals surface area contributed by atoms with Crippen LogP contribution in [0.25, 0.3) is 0 Å². The summed E-state index contributed by atoms with van der Waals surface area (Å²) in [6, 6.07) is 5.40. The maximum atomic E-state index is 11.1. The Morgan fingerprint density at radius 3 is 2.69 bits per heavy atom. The van der Waals surface area contributed by atoms with Crippen molar-refractivity contribution in [3.05, 3.63) is 23.8 Å². The molecule has 1 atom stereocenters. The number of nitrogens with two attached hydrogens (primary N) is 2. The SMILES string of the molecule is CC(C(N)=O)c1ccc(OC2CC2)cc1N. The van der Waals surface area contributed by atoms with Crippen molar-refractivity contribution < 1.29 is 9.53 Å². The average molecular weight is 220 g/mol. The maximum Gasteiger partial charge on any atom is 0.224 e. The molecule has 1 aromatic carbocycles. The molecule has 1 aliphatic rings. The van der Waals surface area contributed by atoms with Crippen LogP contribution < -0.4 is 16.2 Å². The molecule has 0 heterocycles. The molecular weight excluding hydrogens is 204 g/mol. The Hall–Kier alpha value is -1.71. The van der Waals surface area contributed by atoms with E-state index in [4.69, 9.17) is 16.2 Å². The van der Waals surface area contributed by atoms with Gasteiger partial charge in [-0.05, 0) is 31.4 Å². The van der Waals surface area contributed by atoms with Crippen molar-refractivity contribution in [2.75, 3.05) is 5.73 Å². The van der Waals surface area contributed by atoms with Gasteiger partial charge in [0.15, 0.2) is 0 Å². The van der Waals surface area contributed by atoms with E-state index in [1.807, 2.05) is 12.1 Å². The monoisotopic (exact) mass is 220 g/mol. The van der Waals surface area contributed by atoms with Gasteiger partial charge < -0.3 is 16.2 Å². The van der Waals surface area contributed by atoms with Crippen molar-refractivity contribution in [3.63, 3.8) is 0 Å². The Kier molecular flexibility index (Phi) is 2.73. The number of anilines is 1. The Bertz CT molecular complexity index is 413. The molecule has 4 heteroatoms. The summed E-state index contributed by atoms with van der Waals surface area (Å²) in [6.07, 6.45) is 2.57. The highest BCUT2D eigenvalue weighted by Gasteiger charge is 2.24. The first-order valence-electron chi connectivity index (χ1n) is 5.43. The minimum Gasteiger partial charge on any atom is -0.490 e. The summed E-state index contributed by atoms with van der Waals surface area (Å²) in [5.41, 5.74) is 12.4. The van der Waals surface area contributed by atoms with Crippen LogP contribution in [0.4, 0.5) is 5.69 Å². The van der Waals surface area contributed by atoms with Crippen LogP contribution in [0.15, 0.2) is 18.2 Å². The maximum absolute atomic E-state index is 11.1. The molecule has 2 rings (SSSR count). The predicted octanol–water partition coefficient (Wildman–Crippen LogP) is 1.40. The second-order valence-electron chi connectivity index (χ2n) is 4.23. The van der Waals surface area contributed by atoms with E-state index in [9.17, 15) is 4.79 Å². The third kappa shape index (κ3) is 2.27. The first kappa shape index (κ1) is 10.8. The first-order valence-corrected chi connectivity index (χ1v) is 5.43. The molecule has 1 saturated carbocycles. The number of carbonyl (C=O) groups excluding carboxylic acids is 1. The van der Waals surface area contributed by atoms with Crippen LogP contribution in [0.2, 0.25) is 0 Å². The minimum atomic E-state index is -0.373. The summed E-state index contributed by atoms with van der Waals surface area (Å²) in [5, 5.41) is 0. The molecule has 0 spiro atoms. The van der Waals surface area contributed by atoms with Crippen molar-refractivity contribution in [1.82, 2.24) is 0 Å². The second-order valence-corrected chi connectivity index (χ2v) is 4.23. The van der Waals surface area contributed by atoms with Crippen LogP contribution in [0, 0.1) is 0 Å². The van der Waals surface area contributed by atoms with Gasteiger partial charge in [0.25, 0.3) is 0 Å². The molecule has 16 heavy (non-hydrogen) atoms. The molecule has 0 saturated heterocycles. The fourth-order valence-electron chi connectivity index (χ4n) is 1.55. The fourth-order valence-corrected chi connectivity index (χ4v) is 1.55. The summed E-state index contributed by atoms with van der Waals surface area (Å²) >= 11 is 0. The van der Waals surface area contributed by atoms with Crippen LogP contribution in [0.1, 0.15) is 31.2 Å². The molecule has 0 aliphatic heterocycles. The molecule has 4 nitrogen and oxygen atoms in total. The van der Waals surface area contributed by atoms with Crippen molar-refractivity contribution in [2.45, 2.75) is 31.8 Å². The van der Waals surface area contributed by atoms with Crippen molar-refractivity contribution in [1.29, 1.82) is 0 Å². The van der Waals surface area contributed by atoms with Crippen LogP contribution in [-0.2, 0) is 4.79 Å². The molecule has 1 amide bonds. The Morgan fingerprint density at radius 2 is 2.19 bits per heavy atom. The van der Waals surface area contributed by atoms with Gasteiger partial charge in [0.1, 0.15) is 5.75 Å². The van der Waals surface area contributed by atoms with Crippen molar-refractivity contribution >= 4 is 11.6 Å². The third-order valence-corrected chi connectivity index (χ3v) is 2.78. The lowest BCUT2D eigenvalue weighted by Gasteiger charge is -2.12. The number of carbonyl (C=O) groups is 1. The number of primary amides is 1. The molecule has 4 N–H and O–H groups in total. The number of rotatable bonds is 4. The number of hydrogen-bond acceptors (Lipinski definition) is 3. The van der Waals surface area contributed by atoms with Gasteiger partial charge in [-0.25, -0.2) is 0 Å². The van der Waals surface area contributed by atoms with Gasteiger partial charge in [-0.2, -0.15) is 0 Å². The molecule has 1 fully saturated rings. The number of nitrogen functional groups attached to an aromatic ring is 1. The van der Waals surface area contributed by atoms with E-state index in [-0.39, 0.29) is 11.8 Å². The van der Waals surface area contributed by atoms with E-state index in [2.05, 4.69) is 0 Å². The number of benzene rings is 1. The summed E-state index contributed by atoms with van der Waals surface area (Å²) < 4.78 is 5.61. The zero-order chi connectivity index (χ0) is 11.7. The summed E-state index contributed by atoms with van der Waals surface area (Å²) in [4.78, 5) is 11.1. The lowest BCUT2D eigenvalue weighted by atomic mass is 9.99. The number of amides is 1. The molecule has 1 aliphatic carbocycles. The first-order chi connectivity index (χ1) is 7.58. The predicted molar refractivity (Wildman–Crippen MR) is 62.1 cm³/mol. The van der Waals surface area contributed by atoms with E-state index in [0.717, 1.165) is 24.2 Å². The lowest BCUT2D eigenvalue weighted by molar-refractivity contribution is -0.119. The van der Waals surface area contributed by atoms with E-state index >= 15 is 0 Å². The lowest BCUT2D eigenvalue weighted by Crippen LogP contribution is -2.19. The molecule has 1 aromatic rings. The van der Waals surface area contributed by atoms with Crippen molar-refractivity contribution in [2.24, 2.45) is 5.73 Å². The zero-order valence-corrected chi connectivity index (χ0v) is 9.27. The summed E-state index contributed by atoms with van der Waals surface area (Å²) in [5.74, 6) is 0.0259. The summed E-state index contributed by atoms with van der Waals surface area (Å²) in [7, 11) is 0. The van der Waals surface area contributed by atoms with Gasteiger partial charge in [0, 0.05) is 11.8 Å². The molecule has 0 bridgehead atoms. The molecule has 1 unspecified atom stereocenters. The highest BCUT2D eigenvalue weighted by atomic mass is 16.5. The molecule has 0 radical (unpaired) electrons. The van der Waals surface area contributed by atoms with Gasteiger partial charge in [-0.15, -0.1) is 0 Å². The van der Waals surface area contributed by atoms with E-state index in [1.54, 1.807) is 13.0 Å². The van der Waals surface area contributed by atoms with Crippen LogP contribution in [0.5, 0.6) is 5.75 Å². The number of ether oxygens (including phenoxy) is 1. The highest BCUT2D eigenvalue weighted by Crippen LogP contribution is 2.30. The normalized spacial score (nSPS) is 16.8. The Labute approximate surface area is 94.6 Å². The minimum absolute atomic E-state index is 0.346.